The summed E-state index contributed by atoms with van der Waals surface area (Å²) in [4.78, 5) is 7.22. The second kappa shape index (κ2) is 12.5. The van der Waals surface area contributed by atoms with Gasteiger partial charge in [0.25, 0.3) is 0 Å². The molecule has 2 heterocycles. The topological polar surface area (TPSA) is 85.8 Å². The molecule has 2 aromatic rings. The van der Waals surface area contributed by atoms with Crippen LogP contribution >= 0.6 is 35.3 Å². The van der Waals surface area contributed by atoms with Crippen molar-refractivity contribution >= 4 is 56.3 Å². The fourth-order valence-electron chi connectivity index (χ4n) is 3.24. The molecule has 7 nitrogen and oxygen atoms in total. The summed E-state index contributed by atoms with van der Waals surface area (Å²) >= 11 is 1.78. The lowest BCUT2D eigenvalue weighted by atomic mass is 10.1. The minimum Gasteiger partial charge on any atom is -0.363 e. The summed E-state index contributed by atoms with van der Waals surface area (Å²) in [6.07, 6.45) is 2.09. The molecule has 1 saturated heterocycles. The first-order chi connectivity index (χ1) is 14.1. The largest absolute Gasteiger partial charge is 0.363 e. The molecule has 0 spiro atoms. The van der Waals surface area contributed by atoms with Gasteiger partial charge in [0.2, 0.25) is 10.0 Å². The maximum absolute atomic E-state index is 12.3. The minimum atomic E-state index is -3.49. The van der Waals surface area contributed by atoms with E-state index in [2.05, 4.69) is 42.8 Å². The minimum absolute atomic E-state index is 0. The lowest BCUT2D eigenvalue weighted by Crippen LogP contribution is -2.48. The SMILES string of the molecule is CCNC(=NCCNS(=O)(=O)c1ccccc1)NC1CCN(c2cccs2)CC1.I. The van der Waals surface area contributed by atoms with E-state index < -0.39 is 10.0 Å². The predicted molar refractivity (Wildman–Crippen MR) is 136 cm³/mol. The Bertz CT molecular complexity index is 868. The van der Waals surface area contributed by atoms with E-state index in [0.29, 0.717) is 12.6 Å². The van der Waals surface area contributed by atoms with E-state index in [1.807, 2.05) is 6.92 Å². The van der Waals surface area contributed by atoms with E-state index >= 15 is 0 Å². The van der Waals surface area contributed by atoms with Gasteiger partial charge in [0, 0.05) is 32.2 Å². The molecule has 0 atom stereocenters. The number of benzene rings is 1. The zero-order chi connectivity index (χ0) is 20.5. The van der Waals surface area contributed by atoms with Gasteiger partial charge in [0.1, 0.15) is 0 Å². The van der Waals surface area contributed by atoms with E-state index in [9.17, 15) is 8.42 Å². The molecule has 1 aromatic heterocycles. The molecule has 10 heteroatoms. The zero-order valence-electron chi connectivity index (χ0n) is 17.1. The normalized spacial score (nSPS) is 15.5. The number of piperidine rings is 1. The Morgan fingerprint density at radius 2 is 1.90 bits per heavy atom. The number of rotatable bonds is 8. The standard InChI is InChI=1S/C20H29N5O2S2.HI/c1-2-21-20(22-12-13-23-29(26,27)18-7-4-3-5-8-18)24-17-10-14-25(15-11-17)19-9-6-16-28-19;/h3-9,16-17,23H,2,10-15H2,1H3,(H2,21,22,24);1H. The third-order valence-electron chi connectivity index (χ3n) is 4.73. The van der Waals surface area contributed by atoms with Crippen molar-refractivity contribution in [3.8, 4) is 0 Å². The summed E-state index contributed by atoms with van der Waals surface area (Å²) in [5, 5.41) is 10.2. The summed E-state index contributed by atoms with van der Waals surface area (Å²) in [5.41, 5.74) is 0. The number of guanidine groups is 1. The summed E-state index contributed by atoms with van der Waals surface area (Å²) in [7, 11) is -3.49. The number of halogens is 1. The third-order valence-corrected chi connectivity index (χ3v) is 7.13. The summed E-state index contributed by atoms with van der Waals surface area (Å²) in [6.45, 7) is 5.45. The highest BCUT2D eigenvalue weighted by Gasteiger charge is 2.20. The Balaban J connectivity index is 0.00000320. The molecule has 0 aliphatic carbocycles. The van der Waals surface area contributed by atoms with Gasteiger partial charge in [-0.3, -0.25) is 4.99 Å². The molecule has 0 unspecified atom stereocenters. The molecule has 0 radical (unpaired) electrons. The number of nitrogens with one attached hydrogen (secondary N) is 3. The molecule has 0 amide bonds. The molecule has 1 aliphatic rings. The molecule has 1 aliphatic heterocycles. The number of hydrogen-bond donors (Lipinski definition) is 3. The molecule has 3 rings (SSSR count). The van der Waals surface area contributed by atoms with Crippen molar-refractivity contribution in [1.29, 1.82) is 0 Å². The van der Waals surface area contributed by atoms with Crippen LogP contribution in [0.4, 0.5) is 5.00 Å². The van der Waals surface area contributed by atoms with Crippen molar-refractivity contribution in [2.75, 3.05) is 37.6 Å². The van der Waals surface area contributed by atoms with Crippen molar-refractivity contribution in [3.05, 3.63) is 47.8 Å². The summed E-state index contributed by atoms with van der Waals surface area (Å²) in [5.74, 6) is 0.737. The molecule has 1 aromatic carbocycles. The van der Waals surface area contributed by atoms with Crippen LogP contribution in [0.5, 0.6) is 0 Å². The van der Waals surface area contributed by atoms with Crippen molar-refractivity contribution in [3.63, 3.8) is 0 Å². The average molecular weight is 564 g/mol. The number of aliphatic imine (C=N–C) groups is 1. The monoisotopic (exact) mass is 563 g/mol. The second-order valence-corrected chi connectivity index (χ2v) is 9.52. The maximum Gasteiger partial charge on any atom is 0.240 e. The van der Waals surface area contributed by atoms with Gasteiger partial charge in [-0.25, -0.2) is 13.1 Å². The van der Waals surface area contributed by atoms with E-state index in [1.165, 1.54) is 5.00 Å². The van der Waals surface area contributed by atoms with Gasteiger partial charge in [0.05, 0.1) is 16.4 Å². The Hall–Kier alpha value is -1.37. The third kappa shape index (κ3) is 7.40. The van der Waals surface area contributed by atoms with Gasteiger partial charge in [-0.15, -0.1) is 35.3 Å². The van der Waals surface area contributed by atoms with Crippen LogP contribution in [0.1, 0.15) is 19.8 Å². The smallest absolute Gasteiger partial charge is 0.240 e. The Morgan fingerprint density at radius 3 is 2.53 bits per heavy atom. The molecular weight excluding hydrogens is 533 g/mol. The Labute approximate surface area is 200 Å². The first kappa shape index (κ1) is 24.9. The molecule has 166 valence electrons. The van der Waals surface area contributed by atoms with Crippen LogP contribution in [0, 0.1) is 0 Å². The van der Waals surface area contributed by atoms with E-state index in [1.54, 1.807) is 41.7 Å². The van der Waals surface area contributed by atoms with Gasteiger partial charge < -0.3 is 15.5 Å². The number of nitrogens with zero attached hydrogens (tertiary/aromatic N) is 2. The van der Waals surface area contributed by atoms with E-state index in [4.69, 9.17) is 0 Å². The summed E-state index contributed by atoms with van der Waals surface area (Å²) < 4.78 is 27.1. The first-order valence-electron chi connectivity index (χ1n) is 9.96. The zero-order valence-corrected chi connectivity index (χ0v) is 21.0. The first-order valence-corrected chi connectivity index (χ1v) is 12.3. The van der Waals surface area contributed by atoms with Crippen molar-refractivity contribution in [2.24, 2.45) is 4.99 Å². The Kier molecular flexibility index (Phi) is 10.4. The highest BCUT2D eigenvalue weighted by atomic mass is 127. The number of thiophene rings is 1. The van der Waals surface area contributed by atoms with Crippen LogP contribution in [0.3, 0.4) is 0 Å². The van der Waals surface area contributed by atoms with E-state index in [0.717, 1.165) is 38.4 Å². The lowest BCUT2D eigenvalue weighted by Gasteiger charge is -2.33. The van der Waals surface area contributed by atoms with Gasteiger partial charge in [0.15, 0.2) is 5.96 Å². The van der Waals surface area contributed by atoms with Crippen LogP contribution < -0.4 is 20.3 Å². The quantitative estimate of drug-likeness (QED) is 0.199. The average Bonchev–Trinajstić information content (AvgIpc) is 3.27. The molecule has 30 heavy (non-hydrogen) atoms. The fraction of sp³-hybridized carbons (Fsp3) is 0.450. The van der Waals surface area contributed by atoms with Crippen LogP contribution in [-0.2, 0) is 10.0 Å². The van der Waals surface area contributed by atoms with Crippen molar-refractivity contribution in [1.82, 2.24) is 15.4 Å². The number of anilines is 1. The lowest BCUT2D eigenvalue weighted by molar-refractivity contribution is 0.463. The molecule has 1 fully saturated rings. The van der Waals surface area contributed by atoms with Crippen LogP contribution in [-0.4, -0.2) is 53.1 Å². The van der Waals surface area contributed by atoms with Gasteiger partial charge >= 0.3 is 0 Å². The van der Waals surface area contributed by atoms with Crippen molar-refractivity contribution in [2.45, 2.75) is 30.7 Å². The van der Waals surface area contributed by atoms with Crippen LogP contribution in [0.2, 0.25) is 0 Å². The van der Waals surface area contributed by atoms with Gasteiger partial charge in [-0.1, -0.05) is 18.2 Å². The van der Waals surface area contributed by atoms with Gasteiger partial charge in [-0.05, 0) is 49.4 Å². The Morgan fingerprint density at radius 1 is 1.17 bits per heavy atom. The molecular formula is C20H30IN5O2S2. The molecule has 0 bridgehead atoms. The van der Waals surface area contributed by atoms with E-state index in [-0.39, 0.29) is 35.4 Å². The molecule has 3 N–H and O–H groups in total. The fourth-order valence-corrected chi connectivity index (χ4v) is 5.07. The number of hydrogen-bond acceptors (Lipinski definition) is 5. The maximum atomic E-state index is 12.3. The second-order valence-electron chi connectivity index (χ2n) is 6.83. The van der Waals surface area contributed by atoms with Crippen LogP contribution in [0.15, 0.2) is 57.7 Å². The summed E-state index contributed by atoms with van der Waals surface area (Å²) in [6, 6.07) is 13.0. The highest BCUT2D eigenvalue weighted by molar-refractivity contribution is 14.0. The number of sulfonamides is 1. The molecule has 0 saturated carbocycles. The predicted octanol–water partition coefficient (Wildman–Crippen LogP) is 2.87. The highest BCUT2D eigenvalue weighted by Crippen LogP contribution is 2.24. The van der Waals surface area contributed by atoms with Crippen LogP contribution in [0.25, 0.3) is 0 Å². The van der Waals surface area contributed by atoms with Gasteiger partial charge in [-0.2, -0.15) is 0 Å². The van der Waals surface area contributed by atoms with Crippen molar-refractivity contribution < 1.29 is 8.42 Å².